The van der Waals surface area contributed by atoms with Gasteiger partial charge in [-0.25, -0.2) is 4.79 Å². The quantitative estimate of drug-likeness (QED) is 0.197. The summed E-state index contributed by atoms with van der Waals surface area (Å²) in [4.78, 5) is 41.5. The number of urea groups is 1. The number of methoxy groups -OCH3 is 1. The van der Waals surface area contributed by atoms with Crippen LogP contribution in [0.2, 0.25) is 0 Å². The number of piperidine rings is 1. The number of amides is 4. The van der Waals surface area contributed by atoms with Crippen molar-refractivity contribution in [2.75, 3.05) is 26.7 Å². The van der Waals surface area contributed by atoms with Crippen LogP contribution >= 0.6 is 0 Å². The minimum absolute atomic E-state index is 0.101. The van der Waals surface area contributed by atoms with E-state index < -0.39 is 17.5 Å². The molecular weight excluding hydrogens is 470 g/mol. The topological polar surface area (TPSA) is 115 Å². The highest BCUT2D eigenvalue weighted by Gasteiger charge is 2.48. The first-order valence-electron chi connectivity index (χ1n) is 12.0. The van der Waals surface area contributed by atoms with Crippen LogP contribution in [0.4, 0.5) is 4.79 Å². The normalized spacial score (nSPS) is 20.7. The Bertz CT molecular complexity index is 1380. The molecule has 188 valence electrons. The predicted molar refractivity (Wildman–Crippen MR) is 137 cm³/mol. The molecule has 9 nitrogen and oxygen atoms in total. The lowest BCUT2D eigenvalue weighted by molar-refractivity contribution is -0.122. The zero-order valence-corrected chi connectivity index (χ0v) is 20.5. The van der Waals surface area contributed by atoms with Gasteiger partial charge in [-0.3, -0.25) is 20.3 Å². The number of hydrogen-bond acceptors (Lipinski definition) is 5. The van der Waals surface area contributed by atoms with Gasteiger partial charge in [0.15, 0.2) is 0 Å². The molecule has 9 heteroatoms. The number of nitrogens with one attached hydrogen (secondary N) is 3. The van der Waals surface area contributed by atoms with Crippen molar-refractivity contribution in [2.45, 2.75) is 24.9 Å². The molecule has 3 aliphatic rings. The number of nitrogens with zero attached hydrogens (tertiary/aromatic N) is 2. The number of likely N-dealkylation sites (tertiary alicyclic amines) is 1. The maximum absolute atomic E-state index is 13.1. The monoisotopic (exact) mass is 497 g/mol. The Kier molecular flexibility index (Phi) is 6.17. The minimum Gasteiger partial charge on any atom is -0.497 e. The van der Waals surface area contributed by atoms with Crippen molar-refractivity contribution in [3.05, 3.63) is 76.9 Å². The Hall–Kier alpha value is -4.58. The first-order chi connectivity index (χ1) is 17.8. The van der Waals surface area contributed by atoms with Gasteiger partial charge in [0, 0.05) is 36.3 Å². The third kappa shape index (κ3) is 4.66. The van der Waals surface area contributed by atoms with Crippen molar-refractivity contribution in [3.8, 4) is 17.6 Å². The average molecular weight is 498 g/mol. The second-order valence-electron chi connectivity index (χ2n) is 9.41. The first kappa shape index (κ1) is 24.1. The molecular formula is C28H27N5O4. The van der Waals surface area contributed by atoms with Crippen molar-refractivity contribution in [2.24, 2.45) is 0 Å². The van der Waals surface area contributed by atoms with Gasteiger partial charge in [0.25, 0.3) is 11.8 Å². The van der Waals surface area contributed by atoms with E-state index in [-0.39, 0.29) is 12.5 Å². The minimum atomic E-state index is -1.58. The van der Waals surface area contributed by atoms with Crippen molar-refractivity contribution in [1.29, 1.82) is 5.41 Å². The summed E-state index contributed by atoms with van der Waals surface area (Å²) in [5.74, 6) is 6.06. The smallest absolute Gasteiger partial charge is 0.323 e. The number of ether oxygens (including phenoxy) is 1. The van der Waals surface area contributed by atoms with Gasteiger partial charge in [-0.05, 0) is 42.7 Å². The Morgan fingerprint density at radius 1 is 1.14 bits per heavy atom. The van der Waals surface area contributed by atoms with E-state index in [9.17, 15) is 14.4 Å². The van der Waals surface area contributed by atoms with Crippen molar-refractivity contribution < 1.29 is 19.1 Å². The number of rotatable bonds is 4. The summed E-state index contributed by atoms with van der Waals surface area (Å²) in [6.45, 7) is 5.78. The zero-order valence-electron chi connectivity index (χ0n) is 20.5. The van der Waals surface area contributed by atoms with E-state index in [4.69, 9.17) is 10.1 Å². The van der Waals surface area contributed by atoms with E-state index >= 15 is 0 Å². The first-order valence-corrected chi connectivity index (χ1v) is 12.0. The summed E-state index contributed by atoms with van der Waals surface area (Å²) < 4.78 is 5.22. The van der Waals surface area contributed by atoms with Gasteiger partial charge in [0.2, 0.25) is 5.54 Å². The highest BCUT2D eigenvalue weighted by atomic mass is 16.5. The van der Waals surface area contributed by atoms with Gasteiger partial charge in [-0.2, -0.15) is 0 Å². The molecule has 37 heavy (non-hydrogen) atoms. The number of imide groups is 1. The molecule has 2 fully saturated rings. The lowest BCUT2D eigenvalue weighted by Gasteiger charge is -2.30. The van der Waals surface area contributed by atoms with Crippen molar-refractivity contribution in [3.63, 3.8) is 0 Å². The Balaban J connectivity index is 1.35. The lowest BCUT2D eigenvalue weighted by Crippen LogP contribution is -2.54. The molecule has 5 rings (SSSR count). The molecule has 2 aromatic carbocycles. The summed E-state index contributed by atoms with van der Waals surface area (Å²) >= 11 is 0. The lowest BCUT2D eigenvalue weighted by atomic mass is 9.98. The Labute approximate surface area is 215 Å². The summed E-state index contributed by atoms with van der Waals surface area (Å²) in [6, 6.07) is 11.8. The molecule has 0 saturated carbocycles. The van der Waals surface area contributed by atoms with Crippen LogP contribution in [-0.4, -0.2) is 65.8 Å². The van der Waals surface area contributed by atoms with Crippen LogP contribution in [0.25, 0.3) is 0 Å². The number of benzene rings is 2. The molecule has 2 aromatic rings. The fraction of sp³-hybridized carbons (Fsp3) is 0.286. The second kappa shape index (κ2) is 9.47. The van der Waals surface area contributed by atoms with Gasteiger partial charge in [0.05, 0.1) is 13.7 Å². The van der Waals surface area contributed by atoms with Crippen LogP contribution in [0.3, 0.4) is 0 Å². The van der Waals surface area contributed by atoms with Crippen LogP contribution in [0.15, 0.2) is 54.6 Å². The number of hydrogen-bond donors (Lipinski definition) is 3. The molecule has 0 bridgehead atoms. The number of carbonyl (C=O) groups excluding carboxylic acids is 3. The van der Waals surface area contributed by atoms with Gasteiger partial charge < -0.3 is 19.9 Å². The largest absolute Gasteiger partial charge is 0.497 e. The summed E-state index contributed by atoms with van der Waals surface area (Å²) in [6.07, 6.45) is 1.78. The van der Waals surface area contributed by atoms with Crippen LogP contribution < -0.4 is 15.4 Å². The third-order valence-electron chi connectivity index (χ3n) is 6.93. The predicted octanol–water partition coefficient (Wildman–Crippen LogP) is 2.26. The Morgan fingerprint density at radius 3 is 2.51 bits per heavy atom. The molecule has 4 amide bonds. The zero-order chi connectivity index (χ0) is 26.2. The van der Waals surface area contributed by atoms with E-state index in [1.807, 2.05) is 23.1 Å². The molecule has 1 atom stereocenters. The van der Waals surface area contributed by atoms with Crippen LogP contribution in [0.5, 0.6) is 5.75 Å². The average Bonchev–Trinajstić information content (AvgIpc) is 3.36. The fourth-order valence-corrected chi connectivity index (χ4v) is 4.73. The van der Waals surface area contributed by atoms with E-state index in [1.54, 1.807) is 24.3 Å². The van der Waals surface area contributed by atoms with Crippen molar-refractivity contribution in [1.82, 2.24) is 20.4 Å². The second-order valence-corrected chi connectivity index (χ2v) is 9.41. The van der Waals surface area contributed by atoms with Crippen molar-refractivity contribution >= 4 is 23.7 Å². The number of fused-ring (bicyclic) bond motifs is 1. The summed E-state index contributed by atoms with van der Waals surface area (Å²) in [5.41, 5.74) is 2.34. The van der Waals surface area contributed by atoms with Gasteiger partial charge in [-0.15, -0.1) is 0 Å². The highest BCUT2D eigenvalue weighted by molar-refractivity contribution is 6.10. The van der Waals surface area contributed by atoms with E-state index in [1.165, 1.54) is 17.6 Å². The maximum Gasteiger partial charge on any atom is 0.323 e. The summed E-state index contributed by atoms with van der Waals surface area (Å²) in [5, 5.41) is 13.4. The number of amidine groups is 1. The molecule has 3 aliphatic heterocycles. The standard InChI is InChI=1S/C28H27N5O4/c1-18-10-13-32(14-11-18)24(29)20-5-3-19(4-6-20)9-12-28(26(35)30-27(36)31-28)17-33-16-21-7-8-22(37-2)15-23(21)25(33)34/h3-8,15,29H,1,10-11,13-14,16-17H2,2H3,(H2,30,31,35,36). The van der Waals surface area contributed by atoms with Gasteiger partial charge in [0.1, 0.15) is 11.6 Å². The number of carbonyl (C=O) groups is 3. The van der Waals surface area contributed by atoms with Gasteiger partial charge >= 0.3 is 6.03 Å². The van der Waals surface area contributed by atoms with E-state index in [0.29, 0.717) is 29.3 Å². The molecule has 3 N–H and O–H groups in total. The SMILES string of the molecule is C=C1CCN(C(=N)c2ccc(C#CC3(CN4Cc5ccc(OC)cc5C4=O)NC(=O)NC3=O)cc2)CC1. The van der Waals surface area contributed by atoms with E-state index in [0.717, 1.165) is 37.1 Å². The molecule has 0 aromatic heterocycles. The van der Waals surface area contributed by atoms with Crippen LogP contribution in [-0.2, 0) is 11.3 Å². The molecule has 2 saturated heterocycles. The summed E-state index contributed by atoms with van der Waals surface area (Å²) in [7, 11) is 1.53. The van der Waals surface area contributed by atoms with Crippen LogP contribution in [0.1, 0.15) is 39.9 Å². The molecule has 0 aliphatic carbocycles. The fourth-order valence-electron chi connectivity index (χ4n) is 4.73. The molecule has 3 heterocycles. The molecule has 1 unspecified atom stereocenters. The molecule has 0 spiro atoms. The van der Waals surface area contributed by atoms with Crippen LogP contribution in [0, 0.1) is 17.3 Å². The maximum atomic E-state index is 13.1. The van der Waals surface area contributed by atoms with E-state index in [2.05, 4.69) is 29.1 Å². The molecule has 0 radical (unpaired) electrons. The Morgan fingerprint density at radius 2 is 1.86 bits per heavy atom. The van der Waals surface area contributed by atoms with Gasteiger partial charge in [-0.1, -0.05) is 42.2 Å². The highest BCUT2D eigenvalue weighted by Crippen LogP contribution is 2.28. The third-order valence-corrected chi connectivity index (χ3v) is 6.93.